The molecule has 2 aromatic rings. The van der Waals surface area contributed by atoms with Gasteiger partial charge in [-0.2, -0.15) is 0 Å². The zero-order chi connectivity index (χ0) is 19.2. The van der Waals surface area contributed by atoms with E-state index in [0.29, 0.717) is 13.1 Å². The Morgan fingerprint density at radius 3 is 2.52 bits per heavy atom. The van der Waals surface area contributed by atoms with Crippen molar-refractivity contribution in [3.8, 4) is 0 Å². The van der Waals surface area contributed by atoms with Crippen LogP contribution >= 0.6 is 39.9 Å². The zero-order valence-corrected chi connectivity index (χ0v) is 20.2. The third kappa shape index (κ3) is 6.74. The summed E-state index contributed by atoms with van der Waals surface area (Å²) in [7, 11) is 1.63. The van der Waals surface area contributed by atoms with Gasteiger partial charge in [0.25, 0.3) is 0 Å². The van der Waals surface area contributed by atoms with Gasteiger partial charge in [0.2, 0.25) is 10.0 Å². The van der Waals surface area contributed by atoms with E-state index in [4.69, 9.17) is 0 Å². The minimum Gasteiger partial charge on any atom is -0.352 e. The molecule has 0 aliphatic heterocycles. The van der Waals surface area contributed by atoms with Gasteiger partial charge in [-0.1, -0.05) is 46.3 Å². The number of nitrogens with one attached hydrogen (secondary N) is 2. The largest absolute Gasteiger partial charge is 0.352 e. The predicted molar refractivity (Wildman–Crippen MR) is 124 cm³/mol. The standard InChI is InChI=1S/C18H23BrN4O2S.HI/c1-20-18(23(3)13-15-8-4-5-10-17(15)19)22-12-14-7-6-9-16(11-14)26(24,25)21-2;/h4-11,21H,12-13H2,1-3H3,(H,20,22);1H. The molecule has 0 aliphatic carbocycles. The molecule has 2 aromatic carbocycles. The minimum absolute atomic E-state index is 0. The van der Waals surface area contributed by atoms with Gasteiger partial charge in [0.05, 0.1) is 4.90 Å². The molecule has 0 unspecified atom stereocenters. The molecule has 0 aromatic heterocycles. The van der Waals surface area contributed by atoms with Gasteiger partial charge in [0.15, 0.2) is 5.96 Å². The number of rotatable bonds is 6. The van der Waals surface area contributed by atoms with Crippen LogP contribution in [0, 0.1) is 0 Å². The molecule has 6 nitrogen and oxygen atoms in total. The number of benzene rings is 2. The Morgan fingerprint density at radius 2 is 1.89 bits per heavy atom. The third-order valence-electron chi connectivity index (χ3n) is 3.87. The highest BCUT2D eigenvalue weighted by Crippen LogP contribution is 2.17. The van der Waals surface area contributed by atoms with Crippen molar-refractivity contribution in [2.75, 3.05) is 21.1 Å². The molecule has 0 heterocycles. The quantitative estimate of drug-likeness (QED) is 0.320. The van der Waals surface area contributed by atoms with E-state index in [2.05, 4.69) is 37.0 Å². The van der Waals surface area contributed by atoms with Crippen LogP contribution in [0.3, 0.4) is 0 Å². The molecule has 0 amide bonds. The van der Waals surface area contributed by atoms with E-state index in [9.17, 15) is 8.42 Å². The van der Waals surface area contributed by atoms with Crippen molar-refractivity contribution < 1.29 is 8.42 Å². The Hall–Kier alpha value is -1.17. The van der Waals surface area contributed by atoms with Crippen LogP contribution in [-0.4, -0.2) is 40.4 Å². The molecule has 0 fully saturated rings. The van der Waals surface area contributed by atoms with Gasteiger partial charge in [-0.3, -0.25) is 4.99 Å². The fourth-order valence-corrected chi connectivity index (χ4v) is 3.67. The van der Waals surface area contributed by atoms with Gasteiger partial charge in [-0.05, 0) is 36.4 Å². The van der Waals surface area contributed by atoms with Crippen LogP contribution in [0.2, 0.25) is 0 Å². The summed E-state index contributed by atoms with van der Waals surface area (Å²) in [6.45, 7) is 1.16. The van der Waals surface area contributed by atoms with Crippen molar-refractivity contribution >= 4 is 55.9 Å². The van der Waals surface area contributed by atoms with Crippen molar-refractivity contribution in [2.24, 2.45) is 4.99 Å². The molecule has 0 saturated carbocycles. The van der Waals surface area contributed by atoms with Crippen molar-refractivity contribution in [3.05, 3.63) is 64.1 Å². The Labute approximate surface area is 186 Å². The average Bonchev–Trinajstić information content (AvgIpc) is 2.64. The van der Waals surface area contributed by atoms with Crippen LogP contribution in [0.15, 0.2) is 62.9 Å². The van der Waals surface area contributed by atoms with Gasteiger partial charge in [-0.25, -0.2) is 13.1 Å². The maximum Gasteiger partial charge on any atom is 0.240 e. The number of sulfonamides is 1. The molecular formula is C18H24BrIN4O2S. The molecule has 0 radical (unpaired) electrons. The van der Waals surface area contributed by atoms with E-state index in [1.165, 1.54) is 7.05 Å². The number of hydrogen-bond donors (Lipinski definition) is 2. The summed E-state index contributed by atoms with van der Waals surface area (Å²) in [5, 5.41) is 3.27. The number of hydrogen-bond acceptors (Lipinski definition) is 3. The lowest BCUT2D eigenvalue weighted by atomic mass is 10.2. The van der Waals surface area contributed by atoms with E-state index in [0.717, 1.165) is 21.6 Å². The second kappa shape index (κ2) is 11.0. The average molecular weight is 567 g/mol. The lowest BCUT2D eigenvalue weighted by molar-refractivity contribution is 0.475. The van der Waals surface area contributed by atoms with E-state index in [-0.39, 0.29) is 28.9 Å². The second-order valence-electron chi connectivity index (χ2n) is 5.70. The van der Waals surface area contributed by atoms with E-state index in [1.54, 1.807) is 25.2 Å². The fourth-order valence-electron chi connectivity index (χ4n) is 2.46. The summed E-state index contributed by atoms with van der Waals surface area (Å²) in [5.41, 5.74) is 2.01. The molecule has 148 valence electrons. The van der Waals surface area contributed by atoms with Gasteiger partial charge >= 0.3 is 0 Å². The first-order valence-corrected chi connectivity index (χ1v) is 10.3. The summed E-state index contributed by atoms with van der Waals surface area (Å²) in [5.74, 6) is 0.725. The van der Waals surface area contributed by atoms with Gasteiger partial charge in [0.1, 0.15) is 0 Å². The predicted octanol–water partition coefficient (Wildman–Crippen LogP) is 3.18. The van der Waals surface area contributed by atoms with Crippen LogP contribution in [-0.2, 0) is 23.1 Å². The van der Waals surface area contributed by atoms with Gasteiger partial charge in [-0.15, -0.1) is 24.0 Å². The fraction of sp³-hybridized carbons (Fsp3) is 0.278. The Bertz CT molecular complexity index is 890. The first-order chi connectivity index (χ1) is 12.4. The number of nitrogens with zero attached hydrogens (tertiary/aromatic N) is 2. The highest BCUT2D eigenvalue weighted by atomic mass is 127. The number of guanidine groups is 1. The van der Waals surface area contributed by atoms with Crippen molar-refractivity contribution in [3.63, 3.8) is 0 Å². The number of aliphatic imine (C=N–C) groups is 1. The van der Waals surface area contributed by atoms with Crippen molar-refractivity contribution in [1.29, 1.82) is 0 Å². The monoisotopic (exact) mass is 566 g/mol. The van der Waals surface area contributed by atoms with Crippen molar-refractivity contribution in [1.82, 2.24) is 14.9 Å². The first kappa shape index (κ1) is 23.9. The van der Waals surface area contributed by atoms with Crippen LogP contribution in [0.5, 0.6) is 0 Å². The molecule has 9 heteroatoms. The Kier molecular flexibility index (Phi) is 9.71. The highest BCUT2D eigenvalue weighted by Gasteiger charge is 2.12. The molecule has 0 aliphatic rings. The second-order valence-corrected chi connectivity index (χ2v) is 8.44. The summed E-state index contributed by atoms with van der Waals surface area (Å²) in [6.07, 6.45) is 0. The van der Waals surface area contributed by atoms with Crippen LogP contribution in [0.4, 0.5) is 0 Å². The molecule has 0 bridgehead atoms. The lowest BCUT2D eigenvalue weighted by Crippen LogP contribution is -2.38. The SMILES string of the molecule is CN=C(NCc1cccc(S(=O)(=O)NC)c1)N(C)Cc1ccccc1Br.I. The molecule has 2 N–H and O–H groups in total. The topological polar surface area (TPSA) is 73.8 Å². The van der Waals surface area contributed by atoms with Crippen LogP contribution in [0.1, 0.15) is 11.1 Å². The summed E-state index contributed by atoms with van der Waals surface area (Å²) in [6, 6.07) is 14.9. The molecule has 27 heavy (non-hydrogen) atoms. The Morgan fingerprint density at radius 1 is 1.19 bits per heavy atom. The summed E-state index contributed by atoms with van der Waals surface area (Å²) in [4.78, 5) is 6.56. The van der Waals surface area contributed by atoms with Gasteiger partial charge < -0.3 is 10.2 Å². The highest BCUT2D eigenvalue weighted by molar-refractivity contribution is 14.0. The summed E-state index contributed by atoms with van der Waals surface area (Å²) < 4.78 is 27.2. The van der Waals surface area contributed by atoms with Crippen molar-refractivity contribution in [2.45, 2.75) is 18.0 Å². The molecule has 0 saturated heterocycles. The maximum atomic E-state index is 11.9. The maximum absolute atomic E-state index is 11.9. The van der Waals surface area contributed by atoms with E-state index in [1.807, 2.05) is 36.2 Å². The smallest absolute Gasteiger partial charge is 0.240 e. The minimum atomic E-state index is -3.45. The normalized spacial score (nSPS) is 11.6. The van der Waals surface area contributed by atoms with E-state index >= 15 is 0 Å². The zero-order valence-electron chi connectivity index (χ0n) is 15.4. The number of halogens is 2. The Balaban J connectivity index is 0.00000364. The molecular weight excluding hydrogens is 543 g/mol. The van der Waals surface area contributed by atoms with Crippen LogP contribution in [0.25, 0.3) is 0 Å². The van der Waals surface area contributed by atoms with E-state index < -0.39 is 10.0 Å². The summed E-state index contributed by atoms with van der Waals surface area (Å²) >= 11 is 3.56. The molecule has 2 rings (SSSR count). The molecule has 0 atom stereocenters. The first-order valence-electron chi connectivity index (χ1n) is 8.05. The third-order valence-corrected chi connectivity index (χ3v) is 6.05. The van der Waals surface area contributed by atoms with Crippen LogP contribution < -0.4 is 10.0 Å². The van der Waals surface area contributed by atoms with Gasteiger partial charge in [0, 0.05) is 31.7 Å². The lowest BCUT2D eigenvalue weighted by Gasteiger charge is -2.23. The molecule has 0 spiro atoms.